The molecule has 4 nitrogen and oxygen atoms in total. The molecule has 1 heterocycles. The second-order valence-electron chi connectivity index (χ2n) is 4.64. The molecule has 6 heteroatoms. The maximum Gasteiger partial charge on any atom is 0.349 e. The summed E-state index contributed by atoms with van der Waals surface area (Å²) in [7, 11) is 0. The molecule has 0 aliphatic heterocycles. The number of hydrogen-bond acceptors (Lipinski definition) is 2. The first-order chi connectivity index (χ1) is 9.86. The quantitative estimate of drug-likeness (QED) is 0.659. The number of allylic oxidation sites excluding steroid dienone is 1. The van der Waals surface area contributed by atoms with Crippen LogP contribution in [0.3, 0.4) is 0 Å². The number of rotatable bonds is 4. The molecule has 0 atom stereocenters. The van der Waals surface area contributed by atoms with Crippen LogP contribution in [0.4, 0.5) is 0 Å². The Morgan fingerprint density at radius 1 is 1.24 bits per heavy atom. The fourth-order valence-corrected chi connectivity index (χ4v) is 2.45. The van der Waals surface area contributed by atoms with E-state index in [1.54, 1.807) is 0 Å². The Balaban J connectivity index is 2.70. The minimum absolute atomic E-state index is 0.376. The minimum atomic E-state index is -1.43. The third kappa shape index (κ3) is 2.82. The lowest BCUT2D eigenvalue weighted by Crippen LogP contribution is -2.07. The van der Waals surface area contributed by atoms with Crippen LogP contribution in [-0.4, -0.2) is 21.8 Å². The Hall–Kier alpha value is -1.78. The van der Waals surface area contributed by atoms with Crippen LogP contribution in [0.2, 0.25) is 0 Å². The van der Waals surface area contributed by atoms with Crippen LogP contribution in [0.5, 0.6) is 0 Å². The van der Waals surface area contributed by atoms with Crippen LogP contribution >= 0.6 is 23.2 Å². The van der Waals surface area contributed by atoms with Gasteiger partial charge in [0.2, 0.25) is 5.78 Å². The zero-order valence-corrected chi connectivity index (χ0v) is 13.0. The highest BCUT2D eigenvalue weighted by Gasteiger charge is 2.24. The fourth-order valence-electron chi connectivity index (χ4n) is 2.19. The van der Waals surface area contributed by atoms with E-state index >= 15 is 0 Å². The van der Waals surface area contributed by atoms with Gasteiger partial charge < -0.3 is 10.1 Å². The molecule has 0 aliphatic rings. The molecule has 0 radical (unpaired) electrons. The van der Waals surface area contributed by atoms with Crippen molar-refractivity contribution in [2.45, 2.75) is 20.3 Å². The van der Waals surface area contributed by atoms with E-state index in [0.717, 1.165) is 11.1 Å². The smallest absolute Gasteiger partial charge is 0.349 e. The first-order valence-electron chi connectivity index (χ1n) is 6.31. The lowest BCUT2D eigenvalue weighted by molar-refractivity contribution is -0.131. The molecule has 110 valence electrons. The number of aromatic amines is 1. The van der Waals surface area contributed by atoms with Crippen LogP contribution in [0.25, 0.3) is 10.9 Å². The van der Waals surface area contributed by atoms with Crippen LogP contribution in [0, 0.1) is 6.92 Å². The van der Waals surface area contributed by atoms with Crippen molar-refractivity contribution in [3.05, 3.63) is 45.1 Å². The number of aryl methyl sites for hydroxylation is 2. The van der Waals surface area contributed by atoms with Crippen molar-refractivity contribution in [3.8, 4) is 0 Å². The summed E-state index contributed by atoms with van der Waals surface area (Å²) in [6.07, 6.45) is 0.587. The van der Waals surface area contributed by atoms with E-state index in [1.807, 2.05) is 32.0 Å². The first-order valence-corrected chi connectivity index (χ1v) is 7.06. The standard InChI is InChI=1S/C15H13Cl2NO3/c1-3-9-11(14(19)12(16)13(17)15(20)21)8-6-7(2)4-5-10(8)18-9/h4-6,18H,3H2,1-2H3,(H,20,21). The van der Waals surface area contributed by atoms with Gasteiger partial charge in [-0.2, -0.15) is 0 Å². The van der Waals surface area contributed by atoms with Gasteiger partial charge in [-0.1, -0.05) is 41.8 Å². The average molecular weight is 326 g/mol. The average Bonchev–Trinajstić information content (AvgIpc) is 2.82. The van der Waals surface area contributed by atoms with Crippen LogP contribution in [-0.2, 0) is 11.2 Å². The molecular weight excluding hydrogens is 313 g/mol. The predicted molar refractivity (Wildman–Crippen MR) is 83.1 cm³/mol. The number of aromatic nitrogens is 1. The van der Waals surface area contributed by atoms with Crippen molar-refractivity contribution in [2.75, 3.05) is 0 Å². The van der Waals surface area contributed by atoms with Crippen molar-refractivity contribution < 1.29 is 14.7 Å². The molecule has 1 aromatic heterocycles. The zero-order valence-electron chi connectivity index (χ0n) is 11.5. The normalized spacial score (nSPS) is 12.4. The van der Waals surface area contributed by atoms with E-state index < -0.39 is 21.8 Å². The van der Waals surface area contributed by atoms with Crippen molar-refractivity contribution in [1.82, 2.24) is 4.98 Å². The molecular formula is C15H13Cl2NO3. The number of H-pyrrole nitrogens is 1. The number of benzene rings is 1. The van der Waals surface area contributed by atoms with Crippen molar-refractivity contribution >= 4 is 45.9 Å². The Morgan fingerprint density at radius 2 is 1.90 bits per heavy atom. The number of ketones is 1. The number of carbonyl (C=O) groups is 2. The molecule has 0 unspecified atom stereocenters. The number of carbonyl (C=O) groups excluding carboxylic acids is 1. The fraction of sp³-hybridized carbons (Fsp3) is 0.200. The number of Topliss-reactive ketones (excluding diaryl/α,β-unsaturated/α-hetero) is 1. The molecule has 1 aromatic carbocycles. The monoisotopic (exact) mass is 325 g/mol. The Morgan fingerprint density at radius 3 is 2.48 bits per heavy atom. The van der Waals surface area contributed by atoms with E-state index in [2.05, 4.69) is 4.98 Å². The lowest BCUT2D eigenvalue weighted by Gasteiger charge is -2.03. The van der Waals surface area contributed by atoms with Crippen LogP contribution < -0.4 is 0 Å². The molecule has 0 fully saturated rings. The Bertz CT molecular complexity index is 775. The van der Waals surface area contributed by atoms with E-state index in [9.17, 15) is 9.59 Å². The summed E-state index contributed by atoms with van der Waals surface area (Å²) in [6.45, 7) is 3.80. The molecule has 0 amide bonds. The number of halogens is 2. The van der Waals surface area contributed by atoms with Crippen molar-refractivity contribution in [3.63, 3.8) is 0 Å². The molecule has 2 N–H and O–H groups in total. The van der Waals surface area contributed by atoms with Gasteiger partial charge in [-0.15, -0.1) is 0 Å². The second-order valence-corrected chi connectivity index (χ2v) is 5.40. The highest BCUT2D eigenvalue weighted by molar-refractivity contribution is 6.55. The lowest BCUT2D eigenvalue weighted by atomic mass is 10.0. The second kappa shape index (κ2) is 5.92. The molecule has 21 heavy (non-hydrogen) atoms. The summed E-state index contributed by atoms with van der Waals surface area (Å²) in [5, 5.41) is 8.40. The van der Waals surface area contributed by atoms with E-state index in [4.69, 9.17) is 28.3 Å². The van der Waals surface area contributed by atoms with Gasteiger partial charge in [-0.25, -0.2) is 4.79 Å². The number of fused-ring (bicyclic) bond motifs is 1. The Kier molecular flexibility index (Phi) is 4.40. The van der Waals surface area contributed by atoms with Crippen molar-refractivity contribution in [2.24, 2.45) is 0 Å². The van der Waals surface area contributed by atoms with Gasteiger partial charge in [-0.05, 0) is 25.5 Å². The molecule has 2 aromatic rings. The topological polar surface area (TPSA) is 70.2 Å². The maximum atomic E-state index is 12.5. The summed E-state index contributed by atoms with van der Waals surface area (Å²) in [5.74, 6) is -2.01. The molecule has 0 spiro atoms. The van der Waals surface area contributed by atoms with E-state index in [1.165, 1.54) is 0 Å². The van der Waals surface area contributed by atoms with Crippen molar-refractivity contribution in [1.29, 1.82) is 0 Å². The maximum absolute atomic E-state index is 12.5. The van der Waals surface area contributed by atoms with Gasteiger partial charge in [0.15, 0.2) is 0 Å². The number of carboxylic acids is 1. The van der Waals surface area contributed by atoms with E-state index in [0.29, 0.717) is 23.1 Å². The molecule has 0 saturated carbocycles. The van der Waals surface area contributed by atoms with Gasteiger partial charge in [0.05, 0.1) is 5.56 Å². The molecule has 0 saturated heterocycles. The van der Waals surface area contributed by atoms with E-state index in [-0.39, 0.29) is 0 Å². The highest BCUT2D eigenvalue weighted by atomic mass is 35.5. The number of carboxylic acid groups (broad SMARTS) is 1. The predicted octanol–water partition coefficient (Wildman–Crippen LogP) is 4.00. The summed E-state index contributed by atoms with van der Waals surface area (Å²) in [6, 6.07) is 5.66. The number of hydrogen-bond donors (Lipinski definition) is 2. The molecule has 0 bridgehead atoms. The minimum Gasteiger partial charge on any atom is -0.477 e. The molecule has 0 aliphatic carbocycles. The number of nitrogens with one attached hydrogen (secondary N) is 1. The zero-order chi connectivity index (χ0) is 15.7. The van der Waals surface area contributed by atoms with Crippen LogP contribution in [0.15, 0.2) is 28.3 Å². The summed E-state index contributed by atoms with van der Waals surface area (Å²) < 4.78 is 0. The van der Waals surface area contributed by atoms with Gasteiger partial charge >= 0.3 is 5.97 Å². The summed E-state index contributed by atoms with van der Waals surface area (Å²) in [4.78, 5) is 26.5. The SMILES string of the molecule is CCc1[nH]c2ccc(C)cc2c1C(=O)C(Cl)=C(Cl)C(=O)O. The van der Waals surface area contributed by atoms with Gasteiger partial charge in [0.1, 0.15) is 10.1 Å². The van der Waals surface area contributed by atoms with Gasteiger partial charge in [-0.3, -0.25) is 4.79 Å². The van der Waals surface area contributed by atoms with Crippen LogP contribution in [0.1, 0.15) is 28.5 Å². The largest absolute Gasteiger partial charge is 0.477 e. The molecule has 2 rings (SSSR count). The third-order valence-electron chi connectivity index (χ3n) is 3.19. The summed E-state index contributed by atoms with van der Waals surface area (Å²) >= 11 is 11.4. The van der Waals surface area contributed by atoms with Gasteiger partial charge in [0.25, 0.3) is 0 Å². The van der Waals surface area contributed by atoms with Gasteiger partial charge in [0, 0.05) is 16.6 Å². The summed E-state index contributed by atoms with van der Waals surface area (Å²) in [5.41, 5.74) is 2.87. The third-order valence-corrected chi connectivity index (χ3v) is 4.00. The number of aliphatic carboxylic acids is 1. The Labute approximate surface area is 131 Å². The highest BCUT2D eigenvalue weighted by Crippen LogP contribution is 2.29. The first kappa shape index (κ1) is 15.6.